The summed E-state index contributed by atoms with van der Waals surface area (Å²) < 4.78 is 16.2. The van der Waals surface area contributed by atoms with Crippen LogP contribution in [-0.4, -0.2) is 29.3 Å². The van der Waals surface area contributed by atoms with Gasteiger partial charge in [-0.3, -0.25) is 4.79 Å². The Morgan fingerprint density at radius 3 is 2.52 bits per heavy atom. The van der Waals surface area contributed by atoms with Gasteiger partial charge in [0.2, 0.25) is 11.7 Å². The molecule has 1 unspecified atom stereocenters. The lowest BCUT2D eigenvalue weighted by Crippen LogP contribution is -2.36. The van der Waals surface area contributed by atoms with Crippen molar-refractivity contribution in [3.8, 4) is 22.9 Å². The van der Waals surface area contributed by atoms with Gasteiger partial charge in [-0.1, -0.05) is 37.2 Å². The number of carbonyl (C=O) groups excluding carboxylic acids is 1. The molecule has 0 saturated heterocycles. The number of hydrogen-bond donors (Lipinski definition) is 1. The van der Waals surface area contributed by atoms with Crippen molar-refractivity contribution < 1.29 is 18.8 Å². The van der Waals surface area contributed by atoms with Gasteiger partial charge in [-0.05, 0) is 48.7 Å². The third-order valence-corrected chi connectivity index (χ3v) is 4.44. The van der Waals surface area contributed by atoms with E-state index in [-0.39, 0.29) is 12.5 Å². The highest BCUT2D eigenvalue weighted by atomic mass is 16.5. The third-order valence-electron chi connectivity index (χ3n) is 4.44. The number of rotatable bonds is 8. The molecule has 1 aromatic heterocycles. The lowest BCUT2D eigenvalue weighted by molar-refractivity contribution is -0.127. The van der Waals surface area contributed by atoms with Gasteiger partial charge in [-0.25, -0.2) is 0 Å². The molecule has 0 aliphatic heterocycles. The summed E-state index contributed by atoms with van der Waals surface area (Å²) in [6, 6.07) is 15.1. The van der Waals surface area contributed by atoms with Crippen LogP contribution in [0.4, 0.5) is 0 Å². The van der Waals surface area contributed by atoms with Crippen LogP contribution in [0.3, 0.4) is 0 Å². The number of carbonyl (C=O) groups is 1. The molecular formula is C22H25N3O4. The molecule has 7 nitrogen and oxygen atoms in total. The summed E-state index contributed by atoms with van der Waals surface area (Å²) >= 11 is 0. The number of aromatic nitrogens is 2. The lowest BCUT2D eigenvalue weighted by Gasteiger charge is -2.18. The molecule has 0 fully saturated rings. The number of ether oxygens (including phenoxy) is 2. The average Bonchev–Trinajstić information content (AvgIpc) is 3.21. The monoisotopic (exact) mass is 395 g/mol. The van der Waals surface area contributed by atoms with Gasteiger partial charge >= 0.3 is 0 Å². The molecule has 152 valence electrons. The molecule has 0 saturated carbocycles. The maximum absolute atomic E-state index is 12.4. The van der Waals surface area contributed by atoms with Crippen LogP contribution in [0.1, 0.15) is 38.1 Å². The first-order valence-electron chi connectivity index (χ1n) is 9.48. The molecule has 29 heavy (non-hydrogen) atoms. The minimum absolute atomic E-state index is 0.127. The van der Waals surface area contributed by atoms with Crippen molar-refractivity contribution in [3.05, 3.63) is 60.0 Å². The molecular weight excluding hydrogens is 370 g/mol. The fourth-order valence-corrected chi connectivity index (χ4v) is 2.80. The summed E-state index contributed by atoms with van der Waals surface area (Å²) in [5.41, 5.74) is 1.86. The summed E-state index contributed by atoms with van der Waals surface area (Å²) in [4.78, 5) is 16.7. The van der Waals surface area contributed by atoms with Gasteiger partial charge in [0.1, 0.15) is 11.5 Å². The SMILES string of the molecule is COc1ccc(-c2noc(CNC(=O)C(C)Oc3ccccc3C(C)C)n2)cc1. The highest BCUT2D eigenvalue weighted by molar-refractivity contribution is 5.80. The van der Waals surface area contributed by atoms with Crippen molar-refractivity contribution in [1.82, 2.24) is 15.5 Å². The van der Waals surface area contributed by atoms with E-state index in [9.17, 15) is 4.79 Å². The van der Waals surface area contributed by atoms with E-state index in [1.54, 1.807) is 14.0 Å². The Kier molecular flexibility index (Phi) is 6.49. The fraction of sp³-hybridized carbons (Fsp3) is 0.318. The van der Waals surface area contributed by atoms with E-state index in [0.717, 1.165) is 16.9 Å². The third kappa shape index (κ3) is 5.13. The standard InChI is InChI=1S/C22H25N3O4/c1-14(2)18-7-5-6-8-19(18)28-15(3)22(26)23-13-20-24-21(25-29-20)16-9-11-17(27-4)12-10-16/h5-12,14-15H,13H2,1-4H3,(H,23,26). The number of amides is 1. The number of para-hydroxylation sites is 1. The van der Waals surface area contributed by atoms with E-state index in [1.807, 2.05) is 48.5 Å². The first kappa shape index (κ1) is 20.4. The van der Waals surface area contributed by atoms with Gasteiger partial charge in [-0.2, -0.15) is 4.98 Å². The number of benzene rings is 2. The highest BCUT2D eigenvalue weighted by Gasteiger charge is 2.18. The second kappa shape index (κ2) is 9.23. The smallest absolute Gasteiger partial charge is 0.261 e. The molecule has 0 aliphatic rings. The van der Waals surface area contributed by atoms with E-state index >= 15 is 0 Å². The van der Waals surface area contributed by atoms with Crippen LogP contribution in [0.5, 0.6) is 11.5 Å². The molecule has 1 heterocycles. The molecule has 0 spiro atoms. The molecule has 2 aromatic carbocycles. The van der Waals surface area contributed by atoms with Crippen molar-refractivity contribution in [3.63, 3.8) is 0 Å². The molecule has 1 amide bonds. The Morgan fingerprint density at radius 2 is 1.83 bits per heavy atom. The maximum Gasteiger partial charge on any atom is 0.261 e. The van der Waals surface area contributed by atoms with Crippen LogP contribution in [0.2, 0.25) is 0 Å². The molecule has 1 N–H and O–H groups in total. The zero-order valence-corrected chi connectivity index (χ0v) is 17.0. The molecule has 0 bridgehead atoms. The zero-order chi connectivity index (χ0) is 20.8. The normalized spacial score (nSPS) is 11.9. The van der Waals surface area contributed by atoms with Gasteiger partial charge in [0, 0.05) is 5.56 Å². The van der Waals surface area contributed by atoms with Crippen molar-refractivity contribution in [1.29, 1.82) is 0 Å². The summed E-state index contributed by atoms with van der Waals surface area (Å²) in [6.45, 7) is 6.01. The first-order valence-corrected chi connectivity index (χ1v) is 9.48. The predicted molar refractivity (Wildman–Crippen MR) is 109 cm³/mol. The van der Waals surface area contributed by atoms with Crippen LogP contribution < -0.4 is 14.8 Å². The Bertz CT molecular complexity index is 951. The Labute approximate surface area is 170 Å². The van der Waals surface area contributed by atoms with Crippen LogP contribution in [-0.2, 0) is 11.3 Å². The Hall–Kier alpha value is -3.35. The van der Waals surface area contributed by atoms with Gasteiger partial charge in [0.25, 0.3) is 5.91 Å². The molecule has 0 radical (unpaired) electrons. The van der Waals surface area contributed by atoms with E-state index < -0.39 is 6.10 Å². The Morgan fingerprint density at radius 1 is 1.10 bits per heavy atom. The lowest BCUT2D eigenvalue weighted by atomic mass is 10.0. The van der Waals surface area contributed by atoms with Crippen LogP contribution >= 0.6 is 0 Å². The van der Waals surface area contributed by atoms with Crippen molar-refractivity contribution in [2.24, 2.45) is 0 Å². The van der Waals surface area contributed by atoms with Crippen molar-refractivity contribution in [2.75, 3.05) is 7.11 Å². The van der Waals surface area contributed by atoms with Crippen molar-refractivity contribution in [2.45, 2.75) is 39.3 Å². The average molecular weight is 395 g/mol. The predicted octanol–water partition coefficient (Wildman–Crippen LogP) is 3.95. The number of hydrogen-bond acceptors (Lipinski definition) is 6. The van der Waals surface area contributed by atoms with E-state index in [1.165, 1.54) is 0 Å². The molecule has 1 atom stereocenters. The fourth-order valence-electron chi connectivity index (χ4n) is 2.80. The van der Waals surface area contributed by atoms with E-state index in [0.29, 0.717) is 23.4 Å². The second-order valence-electron chi connectivity index (χ2n) is 6.91. The number of methoxy groups -OCH3 is 1. The van der Waals surface area contributed by atoms with Gasteiger partial charge in [-0.15, -0.1) is 0 Å². The topological polar surface area (TPSA) is 86.5 Å². The minimum Gasteiger partial charge on any atom is -0.497 e. The van der Waals surface area contributed by atoms with E-state index in [2.05, 4.69) is 29.3 Å². The van der Waals surface area contributed by atoms with Gasteiger partial charge in [0.15, 0.2) is 6.10 Å². The summed E-state index contributed by atoms with van der Waals surface area (Å²) in [5, 5.41) is 6.72. The summed E-state index contributed by atoms with van der Waals surface area (Å²) in [7, 11) is 1.61. The van der Waals surface area contributed by atoms with Crippen molar-refractivity contribution >= 4 is 5.91 Å². The number of nitrogens with one attached hydrogen (secondary N) is 1. The molecule has 7 heteroatoms. The van der Waals surface area contributed by atoms with Gasteiger partial charge < -0.3 is 19.3 Å². The van der Waals surface area contributed by atoms with Crippen LogP contribution in [0, 0.1) is 0 Å². The second-order valence-corrected chi connectivity index (χ2v) is 6.91. The zero-order valence-electron chi connectivity index (χ0n) is 17.0. The van der Waals surface area contributed by atoms with Gasteiger partial charge in [0.05, 0.1) is 13.7 Å². The summed E-state index contributed by atoms with van der Waals surface area (Å²) in [5.74, 6) is 2.28. The molecule has 3 rings (SSSR count). The van der Waals surface area contributed by atoms with E-state index in [4.69, 9.17) is 14.0 Å². The highest BCUT2D eigenvalue weighted by Crippen LogP contribution is 2.26. The number of nitrogens with zero attached hydrogens (tertiary/aromatic N) is 2. The quantitative estimate of drug-likeness (QED) is 0.621. The van der Waals surface area contributed by atoms with Crippen LogP contribution in [0.25, 0.3) is 11.4 Å². The first-order chi connectivity index (χ1) is 14.0. The Balaban J connectivity index is 1.57. The largest absolute Gasteiger partial charge is 0.497 e. The molecule has 3 aromatic rings. The summed E-state index contributed by atoms with van der Waals surface area (Å²) in [6.07, 6.45) is -0.654. The minimum atomic E-state index is -0.654. The van der Waals surface area contributed by atoms with Crippen LogP contribution in [0.15, 0.2) is 53.1 Å². The maximum atomic E-state index is 12.4. The molecule has 0 aliphatic carbocycles.